The Balaban J connectivity index is 1.61. The standard InChI is InChI=1S/C20H17F3N6OS/c1-12-16(31)3-2-14-18(12)15(10-30)26-17(25-14)9-29-8-13(19(27-29)20(21,22)23)4-6-28-7-5-24-11-28/h3,5,7-8,10-11,31H,4,6,9H2,1H3,(H,25,26). The van der Waals surface area contributed by atoms with Crippen LogP contribution in [0.4, 0.5) is 13.2 Å². The largest absolute Gasteiger partial charge is 0.435 e. The van der Waals surface area contributed by atoms with Gasteiger partial charge in [-0.15, -0.1) is 12.6 Å². The second-order valence-electron chi connectivity index (χ2n) is 6.99. The Bertz CT molecular complexity index is 1190. The Labute approximate surface area is 180 Å². The number of aldehydes is 1. The molecule has 2 aliphatic rings. The molecule has 0 aromatic carbocycles. The van der Waals surface area contributed by atoms with Crippen LogP contribution in [0.5, 0.6) is 0 Å². The van der Waals surface area contributed by atoms with Gasteiger partial charge in [0, 0.05) is 41.2 Å². The minimum atomic E-state index is -4.59. The number of fused-ring (bicyclic) bond motifs is 1. The van der Waals surface area contributed by atoms with E-state index in [0.29, 0.717) is 29.0 Å². The number of carbonyl (C=O) groups excluding carboxylic acids is 1. The molecule has 2 aromatic heterocycles. The van der Waals surface area contributed by atoms with Crippen LogP contribution in [0.1, 0.15) is 18.2 Å². The van der Waals surface area contributed by atoms with E-state index in [9.17, 15) is 18.0 Å². The number of halogens is 3. The third kappa shape index (κ3) is 4.28. The zero-order valence-corrected chi connectivity index (χ0v) is 17.2. The van der Waals surface area contributed by atoms with Crippen LogP contribution in [0.15, 0.2) is 69.2 Å². The maximum Gasteiger partial charge on any atom is 0.435 e. The van der Waals surface area contributed by atoms with Gasteiger partial charge in [0.25, 0.3) is 0 Å². The van der Waals surface area contributed by atoms with Gasteiger partial charge in [0.2, 0.25) is 0 Å². The minimum absolute atomic E-state index is 0.0690. The van der Waals surface area contributed by atoms with Crippen molar-refractivity contribution in [3.05, 3.63) is 75.4 Å². The van der Waals surface area contributed by atoms with Gasteiger partial charge in [-0.2, -0.15) is 18.3 Å². The van der Waals surface area contributed by atoms with Crippen LogP contribution in [-0.2, 0) is 30.5 Å². The van der Waals surface area contributed by atoms with Gasteiger partial charge in [0.05, 0.1) is 18.6 Å². The maximum absolute atomic E-state index is 13.5. The molecule has 0 fully saturated rings. The van der Waals surface area contributed by atoms with E-state index in [0.717, 1.165) is 5.57 Å². The van der Waals surface area contributed by atoms with Gasteiger partial charge in [0.15, 0.2) is 12.0 Å². The number of hydrogen-bond acceptors (Lipinski definition) is 6. The van der Waals surface area contributed by atoms with E-state index in [1.807, 2.05) is 0 Å². The van der Waals surface area contributed by atoms with Crippen LogP contribution in [0, 0.1) is 0 Å². The second kappa shape index (κ2) is 8.09. The molecule has 0 bridgehead atoms. The molecular weight excluding hydrogens is 429 g/mol. The van der Waals surface area contributed by atoms with Crippen molar-refractivity contribution < 1.29 is 18.0 Å². The van der Waals surface area contributed by atoms with E-state index in [4.69, 9.17) is 0 Å². The molecule has 4 rings (SSSR count). The Hall–Kier alpha value is -3.30. The van der Waals surface area contributed by atoms with E-state index < -0.39 is 11.9 Å². The molecular formula is C20H17F3N6OS. The van der Waals surface area contributed by atoms with Crippen molar-refractivity contribution in [2.24, 2.45) is 4.99 Å². The highest BCUT2D eigenvalue weighted by molar-refractivity contribution is 7.84. The number of nitrogens with zero attached hydrogens (tertiary/aromatic N) is 5. The highest BCUT2D eigenvalue weighted by Crippen LogP contribution is 2.33. The third-order valence-electron chi connectivity index (χ3n) is 4.87. The predicted octanol–water partition coefficient (Wildman–Crippen LogP) is 3.05. The number of aromatic nitrogens is 4. The number of thiol groups is 1. The lowest BCUT2D eigenvalue weighted by Gasteiger charge is -2.22. The molecule has 0 saturated heterocycles. The number of alkyl halides is 3. The number of amidine groups is 1. The quantitative estimate of drug-likeness (QED) is 0.406. The van der Waals surface area contributed by atoms with Crippen LogP contribution in [0.3, 0.4) is 0 Å². The van der Waals surface area contributed by atoms with E-state index in [-0.39, 0.29) is 30.1 Å². The number of nitrogens with one attached hydrogen (secondary N) is 1. The van der Waals surface area contributed by atoms with Crippen molar-refractivity contribution in [3.8, 4) is 0 Å². The Morgan fingerprint density at radius 1 is 1.35 bits per heavy atom. The molecule has 1 aliphatic heterocycles. The zero-order chi connectivity index (χ0) is 22.2. The van der Waals surface area contributed by atoms with Crippen molar-refractivity contribution >= 4 is 24.8 Å². The number of imidazole rings is 1. The predicted molar refractivity (Wildman–Crippen MR) is 110 cm³/mol. The summed E-state index contributed by atoms with van der Waals surface area (Å²) in [7, 11) is 0. The SMILES string of the molecule is CC1=C(S)C=C=C2N=C(Cn3cc(CCn4ccnc4)c(C(F)(F)F)n3)NC(C=O)=C21. The lowest BCUT2D eigenvalue weighted by Crippen LogP contribution is -2.33. The van der Waals surface area contributed by atoms with Crippen molar-refractivity contribution in [1.29, 1.82) is 0 Å². The second-order valence-corrected chi connectivity index (χ2v) is 7.47. The number of allylic oxidation sites excluding steroid dienone is 2. The van der Waals surface area contributed by atoms with Crippen molar-refractivity contribution in [3.63, 3.8) is 0 Å². The first-order valence-electron chi connectivity index (χ1n) is 9.27. The molecule has 0 unspecified atom stereocenters. The Morgan fingerprint density at radius 3 is 2.84 bits per heavy atom. The first-order chi connectivity index (χ1) is 14.8. The normalized spacial score (nSPS) is 16.2. The maximum atomic E-state index is 13.5. The molecule has 1 N–H and O–H groups in total. The summed E-state index contributed by atoms with van der Waals surface area (Å²) in [6.07, 6.45) is 3.97. The summed E-state index contributed by atoms with van der Waals surface area (Å²) in [5.74, 6) is 0.287. The molecule has 0 atom stereocenters. The van der Waals surface area contributed by atoms with Crippen molar-refractivity contribution in [2.45, 2.75) is 32.6 Å². The molecule has 1 aliphatic carbocycles. The molecule has 0 spiro atoms. The number of hydrogen-bond donors (Lipinski definition) is 2. The Morgan fingerprint density at radius 2 is 2.16 bits per heavy atom. The average molecular weight is 446 g/mol. The highest BCUT2D eigenvalue weighted by Gasteiger charge is 2.37. The Kier molecular flexibility index (Phi) is 5.47. The smallest absolute Gasteiger partial charge is 0.339 e. The molecule has 3 heterocycles. The van der Waals surface area contributed by atoms with Gasteiger partial charge in [0.1, 0.15) is 11.5 Å². The molecule has 11 heteroatoms. The molecule has 160 valence electrons. The first kappa shape index (κ1) is 21.0. The zero-order valence-electron chi connectivity index (χ0n) is 16.3. The summed E-state index contributed by atoms with van der Waals surface area (Å²) in [6, 6.07) is 0. The summed E-state index contributed by atoms with van der Waals surface area (Å²) in [6.45, 7) is 2.07. The number of carbonyl (C=O) groups is 1. The van der Waals surface area contributed by atoms with Gasteiger partial charge in [-0.05, 0) is 25.0 Å². The topological polar surface area (TPSA) is 77.1 Å². The third-order valence-corrected chi connectivity index (χ3v) is 5.34. The summed E-state index contributed by atoms with van der Waals surface area (Å²) >= 11 is 4.33. The van der Waals surface area contributed by atoms with Gasteiger partial charge in [-0.1, -0.05) is 5.73 Å². The fourth-order valence-electron chi connectivity index (χ4n) is 3.37. The number of rotatable bonds is 6. The van der Waals surface area contributed by atoms with E-state index in [2.05, 4.69) is 38.8 Å². The molecule has 7 nitrogen and oxygen atoms in total. The van der Waals surface area contributed by atoms with Crippen LogP contribution in [0.2, 0.25) is 0 Å². The fraction of sp³-hybridized carbons (Fsp3) is 0.250. The first-order valence-corrected chi connectivity index (χ1v) is 9.71. The number of aryl methyl sites for hydroxylation is 2. The van der Waals surface area contributed by atoms with Crippen LogP contribution < -0.4 is 5.32 Å². The average Bonchev–Trinajstić information content (AvgIpc) is 3.38. The molecule has 31 heavy (non-hydrogen) atoms. The fourth-order valence-corrected chi connectivity index (χ4v) is 3.55. The lowest BCUT2D eigenvalue weighted by atomic mass is 9.97. The van der Waals surface area contributed by atoms with Gasteiger partial charge < -0.3 is 9.88 Å². The van der Waals surface area contributed by atoms with Crippen molar-refractivity contribution in [1.82, 2.24) is 24.6 Å². The van der Waals surface area contributed by atoms with Crippen LogP contribution in [-0.4, -0.2) is 31.5 Å². The van der Waals surface area contributed by atoms with Crippen LogP contribution in [0.25, 0.3) is 0 Å². The van der Waals surface area contributed by atoms with E-state index in [1.165, 1.54) is 10.9 Å². The molecule has 0 radical (unpaired) electrons. The van der Waals surface area contributed by atoms with Gasteiger partial charge >= 0.3 is 6.18 Å². The number of aliphatic imine (C=N–C) groups is 1. The lowest BCUT2D eigenvalue weighted by molar-refractivity contribution is -0.142. The van der Waals surface area contributed by atoms with Gasteiger partial charge in [-0.25, -0.2) is 9.98 Å². The summed E-state index contributed by atoms with van der Waals surface area (Å²) in [5, 5.41) is 6.63. The molecule has 2 aromatic rings. The monoisotopic (exact) mass is 446 g/mol. The summed E-state index contributed by atoms with van der Waals surface area (Å²) < 4.78 is 43.4. The van der Waals surface area contributed by atoms with E-state index >= 15 is 0 Å². The molecule has 0 amide bonds. The van der Waals surface area contributed by atoms with E-state index in [1.54, 1.807) is 36.3 Å². The molecule has 0 saturated carbocycles. The highest BCUT2D eigenvalue weighted by atomic mass is 32.1. The summed E-state index contributed by atoms with van der Waals surface area (Å²) in [4.78, 5) is 20.6. The minimum Gasteiger partial charge on any atom is -0.339 e. The van der Waals surface area contributed by atoms with Crippen molar-refractivity contribution in [2.75, 3.05) is 0 Å². The van der Waals surface area contributed by atoms with Crippen LogP contribution >= 0.6 is 12.6 Å². The van der Waals surface area contributed by atoms with Gasteiger partial charge in [-0.3, -0.25) is 9.48 Å². The summed E-state index contributed by atoms with van der Waals surface area (Å²) in [5.41, 5.74) is 4.10.